The molecule has 98 valence electrons. The predicted molar refractivity (Wildman–Crippen MR) is 73.8 cm³/mol. The van der Waals surface area contributed by atoms with Crippen molar-refractivity contribution in [2.45, 2.75) is 33.2 Å². The standard InChI is InChI=1S/C13H21N5/c1-10(2)18(5)13-9-12(15-11(3)16-13)17(4)8-6-7-14/h9-10H,6,8H2,1-5H3. The normalized spacial score (nSPS) is 10.3. The van der Waals surface area contributed by atoms with Crippen LogP contribution in [0.15, 0.2) is 6.07 Å². The summed E-state index contributed by atoms with van der Waals surface area (Å²) in [7, 11) is 3.96. The van der Waals surface area contributed by atoms with Crippen molar-refractivity contribution in [1.29, 1.82) is 5.26 Å². The summed E-state index contributed by atoms with van der Waals surface area (Å²) in [4.78, 5) is 12.9. The van der Waals surface area contributed by atoms with Gasteiger partial charge in [-0.2, -0.15) is 5.26 Å². The molecule has 5 nitrogen and oxygen atoms in total. The zero-order chi connectivity index (χ0) is 13.7. The summed E-state index contributed by atoms with van der Waals surface area (Å²) in [5.74, 6) is 2.52. The highest BCUT2D eigenvalue weighted by Gasteiger charge is 2.11. The Kier molecular flexibility index (Phi) is 4.90. The second kappa shape index (κ2) is 6.20. The van der Waals surface area contributed by atoms with Gasteiger partial charge < -0.3 is 9.80 Å². The maximum atomic E-state index is 8.61. The average molecular weight is 247 g/mol. The van der Waals surface area contributed by atoms with Crippen molar-refractivity contribution in [2.75, 3.05) is 30.4 Å². The average Bonchev–Trinajstić information content (AvgIpc) is 2.33. The number of nitrogens with zero attached hydrogens (tertiary/aromatic N) is 5. The minimum atomic E-state index is 0.386. The number of nitriles is 1. The molecule has 1 heterocycles. The van der Waals surface area contributed by atoms with Gasteiger partial charge in [0.25, 0.3) is 0 Å². The molecule has 0 fully saturated rings. The lowest BCUT2D eigenvalue weighted by molar-refractivity contribution is 0.737. The van der Waals surface area contributed by atoms with Crippen LogP contribution in [0.1, 0.15) is 26.1 Å². The van der Waals surface area contributed by atoms with Crippen molar-refractivity contribution in [3.8, 4) is 6.07 Å². The highest BCUT2D eigenvalue weighted by atomic mass is 15.2. The number of anilines is 2. The molecule has 0 saturated heterocycles. The van der Waals surface area contributed by atoms with E-state index in [4.69, 9.17) is 5.26 Å². The molecule has 0 N–H and O–H groups in total. The molecule has 1 aromatic heterocycles. The van der Waals surface area contributed by atoms with Gasteiger partial charge in [0.05, 0.1) is 12.5 Å². The van der Waals surface area contributed by atoms with E-state index in [2.05, 4.69) is 34.8 Å². The third-order valence-electron chi connectivity index (χ3n) is 2.90. The summed E-state index contributed by atoms with van der Waals surface area (Å²) in [5, 5.41) is 8.61. The van der Waals surface area contributed by atoms with Crippen molar-refractivity contribution < 1.29 is 0 Å². The van der Waals surface area contributed by atoms with Crippen molar-refractivity contribution >= 4 is 11.6 Å². The highest BCUT2D eigenvalue weighted by Crippen LogP contribution is 2.18. The Morgan fingerprint density at radius 1 is 1.28 bits per heavy atom. The molecule has 0 aliphatic heterocycles. The minimum absolute atomic E-state index is 0.386. The van der Waals surface area contributed by atoms with Crippen molar-refractivity contribution in [3.63, 3.8) is 0 Å². The molecule has 0 aliphatic carbocycles. The van der Waals surface area contributed by atoms with Gasteiger partial charge >= 0.3 is 0 Å². The van der Waals surface area contributed by atoms with E-state index in [1.54, 1.807) is 0 Å². The maximum absolute atomic E-state index is 8.61. The van der Waals surface area contributed by atoms with E-state index in [9.17, 15) is 0 Å². The summed E-state index contributed by atoms with van der Waals surface area (Å²) in [5.41, 5.74) is 0. The molecule has 0 spiro atoms. The van der Waals surface area contributed by atoms with Crippen LogP contribution in [0.3, 0.4) is 0 Å². The molecule has 5 heteroatoms. The predicted octanol–water partition coefficient (Wildman–Crippen LogP) is 1.98. The molecule has 0 saturated carbocycles. The molecule has 0 radical (unpaired) electrons. The van der Waals surface area contributed by atoms with Gasteiger partial charge in [-0.25, -0.2) is 9.97 Å². The Morgan fingerprint density at radius 3 is 2.44 bits per heavy atom. The first-order valence-corrected chi connectivity index (χ1v) is 6.12. The molecule has 0 bridgehead atoms. The molecule has 1 rings (SSSR count). The largest absolute Gasteiger partial charge is 0.358 e. The highest BCUT2D eigenvalue weighted by molar-refractivity contribution is 5.50. The van der Waals surface area contributed by atoms with Crippen LogP contribution in [0.4, 0.5) is 11.6 Å². The zero-order valence-corrected chi connectivity index (χ0v) is 11.8. The molecule has 18 heavy (non-hydrogen) atoms. The second-order valence-electron chi connectivity index (χ2n) is 4.67. The second-order valence-corrected chi connectivity index (χ2v) is 4.67. The van der Waals surface area contributed by atoms with E-state index in [-0.39, 0.29) is 0 Å². The van der Waals surface area contributed by atoms with E-state index in [0.717, 1.165) is 17.5 Å². The fraction of sp³-hybridized carbons (Fsp3) is 0.615. The molecule has 0 unspecified atom stereocenters. The smallest absolute Gasteiger partial charge is 0.134 e. The zero-order valence-electron chi connectivity index (χ0n) is 11.8. The Hall–Kier alpha value is -1.83. The van der Waals surface area contributed by atoms with Crippen LogP contribution in [-0.2, 0) is 0 Å². The molecule has 0 aliphatic rings. The number of hydrogen-bond acceptors (Lipinski definition) is 5. The van der Waals surface area contributed by atoms with Crippen LogP contribution in [0.25, 0.3) is 0 Å². The van der Waals surface area contributed by atoms with Crippen molar-refractivity contribution in [1.82, 2.24) is 9.97 Å². The Bertz CT molecular complexity index is 435. The van der Waals surface area contributed by atoms with Crippen molar-refractivity contribution in [2.24, 2.45) is 0 Å². The fourth-order valence-corrected chi connectivity index (χ4v) is 1.51. The summed E-state index contributed by atoms with van der Waals surface area (Å²) in [6.45, 7) is 6.81. The Morgan fingerprint density at radius 2 is 1.89 bits per heavy atom. The lowest BCUT2D eigenvalue weighted by Gasteiger charge is -2.25. The van der Waals surface area contributed by atoms with Gasteiger partial charge in [0, 0.05) is 32.7 Å². The van der Waals surface area contributed by atoms with Crippen LogP contribution in [0, 0.1) is 18.3 Å². The summed E-state index contributed by atoms with van der Waals surface area (Å²) < 4.78 is 0. The number of rotatable bonds is 5. The van der Waals surface area contributed by atoms with Crippen molar-refractivity contribution in [3.05, 3.63) is 11.9 Å². The molecular weight excluding hydrogens is 226 g/mol. The van der Waals surface area contributed by atoms with Gasteiger partial charge in [0.1, 0.15) is 17.5 Å². The van der Waals surface area contributed by atoms with Gasteiger partial charge in [0.2, 0.25) is 0 Å². The van der Waals surface area contributed by atoms with Crippen LogP contribution in [-0.4, -0.2) is 36.6 Å². The van der Waals surface area contributed by atoms with E-state index in [0.29, 0.717) is 19.0 Å². The fourth-order valence-electron chi connectivity index (χ4n) is 1.51. The first kappa shape index (κ1) is 14.2. The summed E-state index contributed by atoms with van der Waals surface area (Å²) in [6.07, 6.45) is 0.495. The van der Waals surface area contributed by atoms with Crippen LogP contribution in [0.5, 0.6) is 0 Å². The lowest BCUT2D eigenvalue weighted by atomic mass is 10.3. The quantitative estimate of drug-likeness (QED) is 0.796. The number of aryl methyl sites for hydroxylation is 1. The van der Waals surface area contributed by atoms with Gasteiger partial charge in [-0.3, -0.25) is 0 Å². The van der Waals surface area contributed by atoms with Gasteiger partial charge in [0.15, 0.2) is 0 Å². The van der Waals surface area contributed by atoms with E-state index in [1.807, 2.05) is 32.0 Å². The summed E-state index contributed by atoms with van der Waals surface area (Å²) >= 11 is 0. The number of hydrogen-bond donors (Lipinski definition) is 0. The van der Waals surface area contributed by atoms with Gasteiger partial charge in [-0.05, 0) is 20.8 Å². The SMILES string of the molecule is Cc1nc(N(C)CCC#N)cc(N(C)C(C)C)n1. The third kappa shape index (κ3) is 3.59. The van der Waals surface area contributed by atoms with E-state index in [1.165, 1.54) is 0 Å². The Balaban J connectivity index is 2.97. The molecule has 1 aromatic rings. The number of aromatic nitrogens is 2. The minimum Gasteiger partial charge on any atom is -0.358 e. The topological polar surface area (TPSA) is 56.1 Å². The first-order valence-electron chi connectivity index (χ1n) is 6.12. The summed E-state index contributed by atoms with van der Waals surface area (Å²) in [6, 6.07) is 4.49. The molecule has 0 amide bonds. The van der Waals surface area contributed by atoms with Gasteiger partial charge in [-0.1, -0.05) is 0 Å². The lowest BCUT2D eigenvalue weighted by Crippen LogP contribution is -2.28. The maximum Gasteiger partial charge on any atom is 0.134 e. The molecule has 0 aromatic carbocycles. The molecule has 0 atom stereocenters. The monoisotopic (exact) mass is 247 g/mol. The molecular formula is C13H21N5. The Labute approximate surface area is 109 Å². The third-order valence-corrected chi connectivity index (χ3v) is 2.90. The first-order chi connectivity index (χ1) is 8.45. The van der Waals surface area contributed by atoms with E-state index < -0.39 is 0 Å². The van der Waals surface area contributed by atoms with Gasteiger partial charge in [-0.15, -0.1) is 0 Å². The van der Waals surface area contributed by atoms with Crippen LogP contribution < -0.4 is 9.80 Å². The van der Waals surface area contributed by atoms with E-state index >= 15 is 0 Å². The van der Waals surface area contributed by atoms with Crippen LogP contribution >= 0.6 is 0 Å². The van der Waals surface area contributed by atoms with Crippen LogP contribution in [0.2, 0.25) is 0 Å².